The molecule has 16 nitrogen and oxygen atoms in total. The largest absolute Gasteiger partial charge is 0.493 e. The van der Waals surface area contributed by atoms with E-state index in [0.29, 0.717) is 107 Å². The summed E-state index contributed by atoms with van der Waals surface area (Å²) in [5.74, 6) is 4.43. The van der Waals surface area contributed by atoms with Crippen LogP contribution >= 0.6 is 0 Å². The van der Waals surface area contributed by atoms with Crippen LogP contribution in [-0.4, -0.2) is 155 Å². The van der Waals surface area contributed by atoms with Gasteiger partial charge in [0, 0.05) is 24.8 Å². The highest BCUT2D eigenvalue weighted by molar-refractivity contribution is 5.95. The maximum absolute atomic E-state index is 14.2. The number of unbranched alkanes of at least 4 members (excludes halogenated alkanes) is 1. The highest BCUT2D eigenvalue weighted by Crippen LogP contribution is 2.39. The van der Waals surface area contributed by atoms with Crippen LogP contribution in [0.2, 0.25) is 0 Å². The fraction of sp³-hybridized carbons (Fsp3) is 0.768. The van der Waals surface area contributed by atoms with Gasteiger partial charge < -0.3 is 72.4 Å². The van der Waals surface area contributed by atoms with Gasteiger partial charge in [-0.3, -0.25) is 4.79 Å². The minimum absolute atomic E-state index is 0.0639. The van der Waals surface area contributed by atoms with Crippen LogP contribution in [0, 0.1) is 23.7 Å². The maximum Gasteiger partial charge on any atom is 0.251 e. The van der Waals surface area contributed by atoms with E-state index < -0.39 is 0 Å². The topological polar surface area (TPSA) is 180 Å². The summed E-state index contributed by atoms with van der Waals surface area (Å²) >= 11 is 0. The van der Waals surface area contributed by atoms with Crippen molar-refractivity contribution < 1.29 is 71.8 Å². The molecule has 0 aliphatic rings. The summed E-state index contributed by atoms with van der Waals surface area (Å²) in [6.07, 6.45) is 11.3. The Morgan fingerprint density at radius 3 is 1.26 bits per heavy atom. The van der Waals surface area contributed by atoms with Crippen molar-refractivity contribution in [1.29, 1.82) is 0 Å². The van der Waals surface area contributed by atoms with Gasteiger partial charge in [0.05, 0.1) is 112 Å². The van der Waals surface area contributed by atoms with Crippen molar-refractivity contribution in [3.8, 4) is 28.7 Å². The highest BCUT2D eigenvalue weighted by Gasteiger charge is 2.20. The Morgan fingerprint density at radius 1 is 0.444 bits per heavy atom. The highest BCUT2D eigenvalue weighted by atomic mass is 16.6. The van der Waals surface area contributed by atoms with E-state index in [4.69, 9.17) is 67.1 Å². The van der Waals surface area contributed by atoms with E-state index in [1.807, 2.05) is 18.2 Å². The number of hydrogen-bond donors (Lipinski definition) is 3. The van der Waals surface area contributed by atoms with E-state index in [1.54, 1.807) is 12.1 Å². The van der Waals surface area contributed by atoms with E-state index in [9.17, 15) is 4.79 Å². The van der Waals surface area contributed by atoms with Gasteiger partial charge in [0.15, 0.2) is 11.5 Å². The van der Waals surface area contributed by atoms with Crippen molar-refractivity contribution in [3.63, 3.8) is 0 Å². The molecule has 416 valence electrons. The van der Waals surface area contributed by atoms with Crippen molar-refractivity contribution in [2.45, 2.75) is 119 Å². The van der Waals surface area contributed by atoms with Crippen molar-refractivity contribution in [1.82, 2.24) is 5.32 Å². The van der Waals surface area contributed by atoms with Gasteiger partial charge in [-0.05, 0) is 72.8 Å². The molecule has 0 bridgehead atoms. The second kappa shape index (κ2) is 43.9. The number of ether oxygens (including phenoxy) is 12. The normalized spacial score (nSPS) is 12.4. The fourth-order valence-electron chi connectivity index (χ4n) is 7.23. The summed E-state index contributed by atoms with van der Waals surface area (Å²) < 4.78 is 70.4. The zero-order valence-corrected chi connectivity index (χ0v) is 45.5. The Morgan fingerprint density at radius 2 is 0.847 bits per heavy atom. The van der Waals surface area contributed by atoms with Crippen LogP contribution in [0.5, 0.6) is 28.7 Å². The Kier molecular flexibility index (Phi) is 39.4. The third-order valence-electron chi connectivity index (χ3n) is 11.4. The number of amides is 1. The first kappa shape index (κ1) is 64.7. The lowest BCUT2D eigenvalue weighted by Crippen LogP contribution is -2.23. The third kappa shape index (κ3) is 34.1. The van der Waals surface area contributed by atoms with Crippen molar-refractivity contribution in [3.05, 3.63) is 41.5 Å². The summed E-state index contributed by atoms with van der Waals surface area (Å²) in [5.41, 5.74) is 1.13. The van der Waals surface area contributed by atoms with E-state index in [2.05, 4.69) is 53.8 Å². The van der Waals surface area contributed by atoms with Crippen molar-refractivity contribution >= 4 is 5.91 Å². The Bertz CT molecular complexity index is 1510. The average Bonchev–Trinajstić information content (AvgIpc) is 3.35. The molecule has 2 atom stereocenters. The lowest BCUT2D eigenvalue weighted by Gasteiger charge is -2.19. The fourth-order valence-corrected chi connectivity index (χ4v) is 7.23. The van der Waals surface area contributed by atoms with Gasteiger partial charge in [-0.25, -0.2) is 0 Å². The predicted molar refractivity (Wildman–Crippen MR) is 281 cm³/mol. The molecule has 0 aromatic heterocycles. The second-order valence-corrected chi connectivity index (χ2v) is 19.1. The first-order chi connectivity index (χ1) is 35.1. The molecule has 72 heavy (non-hydrogen) atoms. The zero-order valence-electron chi connectivity index (χ0n) is 45.5. The van der Waals surface area contributed by atoms with E-state index in [0.717, 1.165) is 37.9 Å². The molecule has 2 unspecified atom stereocenters. The predicted octanol–water partition coefficient (Wildman–Crippen LogP) is 9.12. The molecule has 2 aromatic rings. The number of carbonyl (C=O) groups is 1. The molecule has 0 saturated carbocycles. The standard InChI is InChI=1S/C56H97NO15/c1-8-9-20-61-25-28-64-31-32-67-35-38-72-55-53(70-36-33-65-29-26-62-23-18-58)41-50(42-54(55)71-37-34-66-30-27-63-24-19-59)56(60)57-44-49-39-51(68-21-16-47(6)14-10-12-45(2)3)43-52(40-49)69-22-17-48(7)15-11-13-46(4)5/h39-43,45-48,58-59H,8-38,44H2,1-7H3,(H,57,60). The number of aliphatic hydroxyl groups excluding tert-OH is 2. The molecule has 0 fully saturated rings. The average molecular weight is 1020 g/mol. The Hall–Kier alpha value is -3.45. The number of aliphatic hydroxyl groups is 2. The molecule has 0 spiro atoms. The van der Waals surface area contributed by atoms with Crippen LogP contribution in [0.25, 0.3) is 0 Å². The van der Waals surface area contributed by atoms with Crippen LogP contribution in [0.3, 0.4) is 0 Å². The van der Waals surface area contributed by atoms with Crippen LogP contribution in [0.1, 0.15) is 129 Å². The lowest BCUT2D eigenvalue weighted by molar-refractivity contribution is 0.00825. The summed E-state index contributed by atoms with van der Waals surface area (Å²) in [5, 5.41) is 21.1. The Balaban J connectivity index is 2.29. The van der Waals surface area contributed by atoms with E-state index >= 15 is 0 Å². The molecule has 2 rings (SSSR count). The van der Waals surface area contributed by atoms with Gasteiger partial charge >= 0.3 is 0 Å². The summed E-state index contributed by atoms with van der Waals surface area (Å²) in [6, 6.07) is 9.14. The van der Waals surface area contributed by atoms with Crippen LogP contribution in [0.15, 0.2) is 30.3 Å². The van der Waals surface area contributed by atoms with Gasteiger partial charge in [0.2, 0.25) is 5.75 Å². The molecule has 0 aliphatic heterocycles. The van der Waals surface area contributed by atoms with Gasteiger partial charge in [-0.15, -0.1) is 0 Å². The van der Waals surface area contributed by atoms with E-state index in [1.165, 1.54) is 38.5 Å². The number of hydrogen-bond acceptors (Lipinski definition) is 15. The molecular formula is C56H97NO15. The van der Waals surface area contributed by atoms with Crippen LogP contribution < -0.4 is 29.0 Å². The van der Waals surface area contributed by atoms with Crippen LogP contribution in [0.4, 0.5) is 0 Å². The Labute approximate surface area is 433 Å². The van der Waals surface area contributed by atoms with E-state index in [-0.39, 0.29) is 95.6 Å². The molecule has 1 amide bonds. The summed E-state index contributed by atoms with van der Waals surface area (Å²) in [4.78, 5) is 14.2. The smallest absolute Gasteiger partial charge is 0.251 e. The van der Waals surface area contributed by atoms with Crippen molar-refractivity contribution in [2.24, 2.45) is 23.7 Å². The molecule has 16 heteroatoms. The quantitative estimate of drug-likeness (QED) is 0.0534. The summed E-state index contributed by atoms with van der Waals surface area (Å²) in [7, 11) is 0. The maximum atomic E-state index is 14.2. The first-order valence-corrected chi connectivity index (χ1v) is 27.1. The molecule has 0 heterocycles. The number of rotatable bonds is 50. The number of benzene rings is 2. The molecule has 0 radical (unpaired) electrons. The van der Waals surface area contributed by atoms with Crippen LogP contribution in [-0.2, 0) is 39.7 Å². The molecular weight excluding hydrogens is 927 g/mol. The van der Waals surface area contributed by atoms with Gasteiger partial charge in [-0.2, -0.15) is 0 Å². The van der Waals surface area contributed by atoms with Gasteiger partial charge in [0.25, 0.3) is 5.91 Å². The molecule has 2 aromatic carbocycles. The SMILES string of the molecule is CCCCOCCOCCOCCOc1c(OCCOCCOCCO)cc(C(=O)NCc2cc(OCCC(C)CCCC(C)C)cc(OCCC(C)CCCC(C)C)c2)cc1OCCOCCOCCO. The monoisotopic (exact) mass is 1020 g/mol. The minimum Gasteiger partial charge on any atom is -0.493 e. The summed E-state index contributed by atoms with van der Waals surface area (Å²) in [6.45, 7) is 22.5. The minimum atomic E-state index is -0.357. The second-order valence-electron chi connectivity index (χ2n) is 19.1. The number of nitrogens with one attached hydrogen (secondary N) is 1. The third-order valence-corrected chi connectivity index (χ3v) is 11.4. The first-order valence-electron chi connectivity index (χ1n) is 27.1. The molecule has 0 aliphatic carbocycles. The molecule has 3 N–H and O–H groups in total. The zero-order chi connectivity index (χ0) is 52.3. The lowest BCUT2D eigenvalue weighted by atomic mass is 9.98. The van der Waals surface area contributed by atoms with Gasteiger partial charge in [-0.1, -0.05) is 93.4 Å². The molecule has 0 saturated heterocycles. The van der Waals surface area contributed by atoms with Crippen molar-refractivity contribution in [2.75, 3.05) is 139 Å². The van der Waals surface area contributed by atoms with Gasteiger partial charge in [0.1, 0.15) is 31.3 Å². The number of carbonyl (C=O) groups excluding carboxylic acids is 1.